The monoisotopic (exact) mass is 304 g/mol. The van der Waals surface area contributed by atoms with Crippen LogP contribution in [0.1, 0.15) is 17.2 Å². The highest BCUT2D eigenvalue weighted by Crippen LogP contribution is 2.30. The van der Waals surface area contributed by atoms with Crippen molar-refractivity contribution in [2.45, 2.75) is 18.8 Å². The van der Waals surface area contributed by atoms with Crippen LogP contribution in [-0.4, -0.2) is 32.5 Å². The van der Waals surface area contributed by atoms with Crippen LogP contribution in [0.3, 0.4) is 0 Å². The molecule has 116 valence electrons. The Labute approximate surface area is 126 Å². The van der Waals surface area contributed by atoms with Gasteiger partial charge in [-0.2, -0.15) is 0 Å². The van der Waals surface area contributed by atoms with Crippen molar-refractivity contribution in [1.82, 2.24) is 0 Å². The molecule has 0 spiro atoms. The van der Waals surface area contributed by atoms with Gasteiger partial charge in [-0.05, 0) is 17.7 Å². The van der Waals surface area contributed by atoms with E-state index in [-0.39, 0.29) is 11.3 Å². The number of aliphatic carboxylic acids is 1. The van der Waals surface area contributed by atoms with Gasteiger partial charge in [0.1, 0.15) is 24.2 Å². The van der Waals surface area contributed by atoms with Crippen molar-refractivity contribution in [2.24, 2.45) is 0 Å². The van der Waals surface area contributed by atoms with Gasteiger partial charge in [-0.15, -0.1) is 0 Å². The first-order valence-corrected chi connectivity index (χ1v) is 6.57. The van der Waals surface area contributed by atoms with Crippen molar-refractivity contribution in [1.29, 1.82) is 0 Å². The van der Waals surface area contributed by atoms with Crippen molar-refractivity contribution >= 4 is 5.97 Å². The summed E-state index contributed by atoms with van der Waals surface area (Å²) >= 11 is 0. The molecule has 2 rings (SSSR count). The molecule has 0 saturated carbocycles. The van der Waals surface area contributed by atoms with E-state index in [0.29, 0.717) is 12.4 Å². The van der Waals surface area contributed by atoms with Gasteiger partial charge in [-0.25, -0.2) is 4.79 Å². The first-order chi connectivity index (χ1) is 10.5. The highest BCUT2D eigenvalue weighted by Gasteiger charge is 2.27. The van der Waals surface area contributed by atoms with Gasteiger partial charge in [0, 0.05) is 11.6 Å². The Morgan fingerprint density at radius 2 is 1.77 bits per heavy atom. The summed E-state index contributed by atoms with van der Waals surface area (Å²) in [4.78, 5) is 10.6. The molecule has 0 heterocycles. The van der Waals surface area contributed by atoms with Gasteiger partial charge in [-0.3, -0.25) is 0 Å². The predicted octanol–water partition coefficient (Wildman–Crippen LogP) is 1.45. The Morgan fingerprint density at radius 3 is 2.36 bits per heavy atom. The quantitative estimate of drug-likeness (QED) is 0.643. The van der Waals surface area contributed by atoms with Gasteiger partial charge >= 0.3 is 5.97 Å². The van der Waals surface area contributed by atoms with Crippen LogP contribution in [0.25, 0.3) is 0 Å². The van der Waals surface area contributed by atoms with Crippen molar-refractivity contribution in [3.8, 4) is 11.5 Å². The number of ether oxygens (including phenoxy) is 1. The van der Waals surface area contributed by atoms with E-state index in [1.165, 1.54) is 18.2 Å². The summed E-state index contributed by atoms with van der Waals surface area (Å²) in [5, 5.41) is 37.5. The summed E-state index contributed by atoms with van der Waals surface area (Å²) in [5.41, 5.74) is 0.870. The second-order valence-electron chi connectivity index (χ2n) is 4.72. The zero-order valence-electron chi connectivity index (χ0n) is 11.6. The standard InChI is InChI=1S/C16H16O6/c17-13-8-11(22-9-10-4-2-1-3-5-10)6-7-12(13)14(18)15(19)16(20)21/h1-8,14-15,17-19H,9H2,(H,20,21). The van der Waals surface area contributed by atoms with Crippen molar-refractivity contribution in [3.05, 3.63) is 59.7 Å². The Balaban J connectivity index is 2.08. The fraction of sp³-hybridized carbons (Fsp3) is 0.188. The number of aromatic hydroxyl groups is 1. The number of carboxylic acid groups (broad SMARTS) is 1. The zero-order chi connectivity index (χ0) is 16.1. The van der Waals surface area contributed by atoms with E-state index in [0.717, 1.165) is 5.56 Å². The second-order valence-corrected chi connectivity index (χ2v) is 4.72. The Morgan fingerprint density at radius 1 is 1.09 bits per heavy atom. The molecule has 22 heavy (non-hydrogen) atoms. The molecule has 0 radical (unpaired) electrons. The van der Waals surface area contributed by atoms with Crippen LogP contribution >= 0.6 is 0 Å². The molecule has 2 aromatic rings. The Hall–Kier alpha value is -2.57. The Bertz CT molecular complexity index is 640. The summed E-state index contributed by atoms with van der Waals surface area (Å²) < 4.78 is 5.50. The van der Waals surface area contributed by atoms with Crippen LogP contribution in [0, 0.1) is 0 Å². The number of phenols is 1. The highest BCUT2D eigenvalue weighted by atomic mass is 16.5. The molecule has 2 unspecified atom stereocenters. The zero-order valence-corrected chi connectivity index (χ0v) is 11.6. The third-order valence-corrected chi connectivity index (χ3v) is 3.12. The van der Waals surface area contributed by atoms with Gasteiger partial charge in [0.15, 0.2) is 6.10 Å². The Kier molecular flexibility index (Phi) is 4.98. The summed E-state index contributed by atoms with van der Waals surface area (Å²) in [6, 6.07) is 13.5. The lowest BCUT2D eigenvalue weighted by molar-refractivity contribution is -0.153. The first-order valence-electron chi connectivity index (χ1n) is 6.57. The third kappa shape index (κ3) is 3.75. The summed E-state index contributed by atoms with van der Waals surface area (Å²) in [6.45, 7) is 0.305. The third-order valence-electron chi connectivity index (χ3n) is 3.12. The number of hydrogen-bond acceptors (Lipinski definition) is 5. The topological polar surface area (TPSA) is 107 Å². The first kappa shape index (κ1) is 15.8. The van der Waals surface area contributed by atoms with Crippen molar-refractivity contribution in [3.63, 3.8) is 0 Å². The van der Waals surface area contributed by atoms with E-state index in [1.54, 1.807) is 0 Å². The van der Waals surface area contributed by atoms with E-state index >= 15 is 0 Å². The number of aliphatic hydroxyl groups is 2. The number of hydrogen-bond donors (Lipinski definition) is 4. The van der Waals surface area contributed by atoms with E-state index in [9.17, 15) is 20.1 Å². The average Bonchev–Trinajstić information content (AvgIpc) is 2.52. The highest BCUT2D eigenvalue weighted by molar-refractivity contribution is 5.73. The van der Waals surface area contributed by atoms with E-state index in [1.807, 2.05) is 30.3 Å². The lowest BCUT2D eigenvalue weighted by atomic mass is 10.0. The predicted molar refractivity (Wildman–Crippen MR) is 77.5 cm³/mol. The van der Waals surface area contributed by atoms with E-state index in [2.05, 4.69) is 0 Å². The molecule has 0 aliphatic rings. The largest absolute Gasteiger partial charge is 0.507 e. The minimum Gasteiger partial charge on any atom is -0.507 e. The van der Waals surface area contributed by atoms with Crippen LogP contribution in [0.4, 0.5) is 0 Å². The minimum absolute atomic E-state index is 0.0815. The maximum Gasteiger partial charge on any atom is 0.335 e. The van der Waals surface area contributed by atoms with Crippen molar-refractivity contribution < 1.29 is 30.0 Å². The second kappa shape index (κ2) is 6.93. The maximum atomic E-state index is 10.6. The van der Waals surface area contributed by atoms with Gasteiger partial charge in [0.05, 0.1) is 0 Å². The molecular formula is C16H16O6. The smallest absolute Gasteiger partial charge is 0.335 e. The molecule has 0 amide bonds. The number of carboxylic acids is 1. The van der Waals surface area contributed by atoms with Gasteiger partial charge in [0.25, 0.3) is 0 Å². The van der Waals surface area contributed by atoms with Gasteiger partial charge < -0.3 is 25.2 Å². The molecule has 2 atom stereocenters. The fourth-order valence-corrected chi connectivity index (χ4v) is 1.91. The number of carbonyl (C=O) groups is 1. The summed E-state index contributed by atoms with van der Waals surface area (Å²) in [6.07, 6.45) is -3.73. The number of phenolic OH excluding ortho intramolecular Hbond substituents is 1. The summed E-state index contributed by atoms with van der Waals surface area (Å²) in [7, 11) is 0. The fourth-order valence-electron chi connectivity index (χ4n) is 1.91. The molecule has 4 N–H and O–H groups in total. The molecular weight excluding hydrogens is 288 g/mol. The SMILES string of the molecule is O=C(O)C(O)C(O)c1ccc(OCc2ccccc2)cc1O. The molecule has 0 saturated heterocycles. The average molecular weight is 304 g/mol. The molecule has 0 bridgehead atoms. The molecule has 0 fully saturated rings. The van der Waals surface area contributed by atoms with E-state index < -0.39 is 18.2 Å². The summed E-state index contributed by atoms with van der Waals surface area (Å²) in [5.74, 6) is -1.56. The van der Waals surface area contributed by atoms with E-state index in [4.69, 9.17) is 9.84 Å². The maximum absolute atomic E-state index is 10.6. The number of benzene rings is 2. The lowest BCUT2D eigenvalue weighted by Gasteiger charge is -2.16. The van der Waals surface area contributed by atoms with Crippen LogP contribution in [0.2, 0.25) is 0 Å². The molecule has 0 aliphatic carbocycles. The molecule has 0 aliphatic heterocycles. The van der Waals surface area contributed by atoms with Crippen LogP contribution in [-0.2, 0) is 11.4 Å². The van der Waals surface area contributed by atoms with Crippen LogP contribution in [0.15, 0.2) is 48.5 Å². The van der Waals surface area contributed by atoms with Gasteiger partial charge in [0.2, 0.25) is 0 Å². The molecule has 6 heteroatoms. The minimum atomic E-state index is -2.01. The molecule has 0 aromatic heterocycles. The van der Waals surface area contributed by atoms with Crippen molar-refractivity contribution in [2.75, 3.05) is 0 Å². The number of aliphatic hydroxyl groups excluding tert-OH is 2. The van der Waals surface area contributed by atoms with Gasteiger partial charge in [-0.1, -0.05) is 30.3 Å². The van der Waals surface area contributed by atoms with Crippen LogP contribution < -0.4 is 4.74 Å². The molecule has 2 aromatic carbocycles. The molecule has 6 nitrogen and oxygen atoms in total. The van der Waals surface area contributed by atoms with Crippen LogP contribution in [0.5, 0.6) is 11.5 Å². The number of rotatable bonds is 6. The lowest BCUT2D eigenvalue weighted by Crippen LogP contribution is -2.27. The normalized spacial score (nSPS) is 13.4.